The number of hydrogen-bond acceptors (Lipinski definition) is 6. The molecule has 1 aliphatic rings. The molecule has 1 atom stereocenters. The van der Waals surface area contributed by atoms with E-state index in [0.717, 1.165) is 0 Å². The molecule has 8 nitrogen and oxygen atoms in total. The molecule has 0 bridgehead atoms. The Morgan fingerprint density at radius 2 is 2.00 bits per heavy atom. The number of aliphatic imine (C=N–C) groups is 1. The predicted octanol–water partition coefficient (Wildman–Crippen LogP) is -0.119. The average molecular weight is 312 g/mol. The molecule has 0 radical (unpaired) electrons. The second-order valence-electron chi connectivity index (χ2n) is 5.13. The highest BCUT2D eigenvalue weighted by molar-refractivity contribution is 6.02. The van der Waals surface area contributed by atoms with Gasteiger partial charge in [-0.15, -0.1) is 0 Å². The van der Waals surface area contributed by atoms with Crippen LogP contribution in [0.15, 0.2) is 28.0 Å². The number of carbonyl (C=O) groups is 2. The topological polar surface area (TPSA) is 139 Å². The molecular formula is C14H20N2O6. The van der Waals surface area contributed by atoms with Crippen molar-refractivity contribution in [2.45, 2.75) is 32.3 Å². The van der Waals surface area contributed by atoms with Crippen molar-refractivity contribution in [1.29, 1.82) is 0 Å². The quantitative estimate of drug-likeness (QED) is 0.431. The van der Waals surface area contributed by atoms with Crippen LogP contribution in [0.25, 0.3) is 0 Å². The van der Waals surface area contributed by atoms with Gasteiger partial charge in [-0.2, -0.15) is 0 Å². The molecule has 0 aromatic rings. The molecule has 8 heteroatoms. The van der Waals surface area contributed by atoms with Crippen molar-refractivity contribution in [1.82, 2.24) is 5.32 Å². The van der Waals surface area contributed by atoms with Crippen LogP contribution in [0, 0.1) is 0 Å². The zero-order chi connectivity index (χ0) is 16.9. The minimum Gasteiger partial charge on any atom is -0.480 e. The molecule has 1 unspecified atom stereocenters. The molecule has 5 N–H and O–H groups in total. The maximum absolute atomic E-state index is 11.1. The first-order chi connectivity index (χ1) is 10.2. The molecule has 0 aromatic carbocycles. The van der Waals surface area contributed by atoms with E-state index < -0.39 is 30.7 Å². The monoisotopic (exact) mass is 312 g/mol. The Hall–Kier alpha value is -2.19. The van der Waals surface area contributed by atoms with Crippen molar-refractivity contribution in [2.24, 2.45) is 4.99 Å². The van der Waals surface area contributed by atoms with Gasteiger partial charge in [0.25, 0.3) is 0 Å². The lowest BCUT2D eigenvalue weighted by atomic mass is 9.82. The number of aliphatic carboxylic acids is 2. The van der Waals surface area contributed by atoms with Crippen molar-refractivity contribution >= 4 is 17.7 Å². The molecule has 0 fully saturated rings. The van der Waals surface area contributed by atoms with E-state index in [0.29, 0.717) is 17.0 Å². The maximum Gasteiger partial charge on any atom is 0.351 e. The van der Waals surface area contributed by atoms with E-state index in [1.165, 1.54) is 6.08 Å². The molecule has 1 aliphatic carbocycles. The molecule has 22 heavy (non-hydrogen) atoms. The second-order valence-corrected chi connectivity index (χ2v) is 5.13. The van der Waals surface area contributed by atoms with Crippen molar-refractivity contribution in [3.63, 3.8) is 0 Å². The first kappa shape index (κ1) is 17.9. The highest BCUT2D eigenvalue weighted by Crippen LogP contribution is 2.30. The van der Waals surface area contributed by atoms with Gasteiger partial charge in [0.2, 0.25) is 0 Å². The Kier molecular flexibility index (Phi) is 5.84. The van der Waals surface area contributed by atoms with E-state index in [9.17, 15) is 19.8 Å². The molecular weight excluding hydrogens is 292 g/mol. The molecule has 122 valence electrons. The average Bonchev–Trinajstić information content (AvgIpc) is 2.45. The number of aliphatic hydroxyl groups is 2. The summed E-state index contributed by atoms with van der Waals surface area (Å²) in [6.45, 7) is 2.20. The highest BCUT2D eigenvalue weighted by atomic mass is 16.4. The lowest BCUT2D eigenvalue weighted by Crippen LogP contribution is -2.43. The van der Waals surface area contributed by atoms with Crippen LogP contribution in [0.4, 0.5) is 0 Å². The van der Waals surface area contributed by atoms with Gasteiger partial charge in [0.05, 0.1) is 12.2 Å². The number of aliphatic hydroxyl groups excluding tert-OH is 1. The number of nitrogens with zero attached hydrogens (tertiary/aromatic N) is 1. The summed E-state index contributed by atoms with van der Waals surface area (Å²) in [5.41, 5.74) is -0.290. The van der Waals surface area contributed by atoms with Crippen molar-refractivity contribution in [3.05, 3.63) is 23.0 Å². The standard InChI is InChI=1S/C14H20N2O6/c1-3-9(13(20)21)16-11-5-14(22,7-17)4-10(8(11)2)15-6-12(18)19/h3,16-17,22H,4-7H2,1-2H3,(H,18,19)(H,20,21)/b9-3-,15-10?. The van der Waals surface area contributed by atoms with Gasteiger partial charge in [0.15, 0.2) is 0 Å². The second kappa shape index (κ2) is 7.19. The fraction of sp³-hybridized carbons (Fsp3) is 0.500. The third kappa shape index (κ3) is 4.40. The predicted molar refractivity (Wildman–Crippen MR) is 78.4 cm³/mol. The number of rotatable bonds is 6. The van der Waals surface area contributed by atoms with E-state index in [1.54, 1.807) is 13.8 Å². The van der Waals surface area contributed by atoms with E-state index in [2.05, 4.69) is 10.3 Å². The zero-order valence-corrected chi connectivity index (χ0v) is 12.5. The molecule has 0 heterocycles. The minimum absolute atomic E-state index is 0.00599. The van der Waals surface area contributed by atoms with Gasteiger partial charge in [0, 0.05) is 24.3 Å². The summed E-state index contributed by atoms with van der Waals surface area (Å²) in [6.07, 6.45) is 1.39. The van der Waals surface area contributed by atoms with E-state index in [1.807, 2.05) is 0 Å². The Morgan fingerprint density at radius 3 is 2.45 bits per heavy atom. The van der Waals surface area contributed by atoms with E-state index >= 15 is 0 Å². The van der Waals surface area contributed by atoms with Gasteiger partial charge < -0.3 is 25.7 Å². The maximum atomic E-state index is 11.1. The summed E-state index contributed by atoms with van der Waals surface area (Å²) in [7, 11) is 0. The SMILES string of the molecule is C/C=C(\NC1=C(C)C(=NCC(=O)O)CC(O)(CO)C1)C(=O)O. The van der Waals surface area contributed by atoms with Gasteiger partial charge in [-0.25, -0.2) is 4.79 Å². The van der Waals surface area contributed by atoms with Gasteiger partial charge >= 0.3 is 11.9 Å². The van der Waals surface area contributed by atoms with Crippen molar-refractivity contribution in [3.8, 4) is 0 Å². The van der Waals surface area contributed by atoms with Crippen LogP contribution in [-0.4, -0.2) is 56.8 Å². The minimum atomic E-state index is -1.50. The summed E-state index contributed by atoms with van der Waals surface area (Å²) in [5.74, 6) is -2.28. The summed E-state index contributed by atoms with van der Waals surface area (Å²) in [4.78, 5) is 25.6. The summed E-state index contributed by atoms with van der Waals surface area (Å²) in [6, 6.07) is 0. The number of hydrogen-bond donors (Lipinski definition) is 5. The molecule has 0 saturated heterocycles. The van der Waals surface area contributed by atoms with Crippen molar-refractivity contribution in [2.75, 3.05) is 13.2 Å². The van der Waals surface area contributed by atoms with Crippen LogP contribution in [0.3, 0.4) is 0 Å². The fourth-order valence-corrected chi connectivity index (χ4v) is 2.14. The largest absolute Gasteiger partial charge is 0.480 e. The van der Waals surface area contributed by atoms with Gasteiger partial charge in [-0.1, -0.05) is 6.08 Å². The highest BCUT2D eigenvalue weighted by Gasteiger charge is 2.36. The first-order valence-corrected chi connectivity index (χ1v) is 6.67. The van der Waals surface area contributed by atoms with Gasteiger partial charge in [-0.3, -0.25) is 9.79 Å². The van der Waals surface area contributed by atoms with E-state index in [-0.39, 0.29) is 18.5 Å². The molecule has 0 spiro atoms. The lowest BCUT2D eigenvalue weighted by Gasteiger charge is -2.34. The van der Waals surface area contributed by atoms with Crippen LogP contribution < -0.4 is 5.32 Å². The molecule has 0 aromatic heterocycles. The summed E-state index contributed by atoms with van der Waals surface area (Å²) < 4.78 is 0. The molecule has 0 aliphatic heterocycles. The Balaban J connectivity index is 3.19. The summed E-state index contributed by atoms with van der Waals surface area (Å²) >= 11 is 0. The first-order valence-electron chi connectivity index (χ1n) is 6.67. The normalized spacial score (nSPS) is 24.5. The third-order valence-corrected chi connectivity index (χ3v) is 3.39. The molecule has 1 rings (SSSR count). The number of carboxylic acids is 2. The fourth-order valence-electron chi connectivity index (χ4n) is 2.14. The van der Waals surface area contributed by atoms with Gasteiger partial charge in [0.1, 0.15) is 12.2 Å². The molecule has 0 amide bonds. The van der Waals surface area contributed by atoms with Crippen LogP contribution >= 0.6 is 0 Å². The Labute approximate surface area is 127 Å². The van der Waals surface area contributed by atoms with Crippen molar-refractivity contribution < 1.29 is 30.0 Å². The summed E-state index contributed by atoms with van der Waals surface area (Å²) in [5, 5.41) is 40.1. The van der Waals surface area contributed by atoms with Crippen LogP contribution in [0.1, 0.15) is 26.7 Å². The smallest absolute Gasteiger partial charge is 0.351 e. The Morgan fingerprint density at radius 1 is 1.36 bits per heavy atom. The third-order valence-electron chi connectivity index (χ3n) is 3.39. The van der Waals surface area contributed by atoms with Crippen LogP contribution in [-0.2, 0) is 9.59 Å². The van der Waals surface area contributed by atoms with E-state index in [4.69, 9.17) is 10.2 Å². The van der Waals surface area contributed by atoms with Crippen LogP contribution in [0.5, 0.6) is 0 Å². The number of nitrogens with one attached hydrogen (secondary N) is 1. The number of allylic oxidation sites excluding steroid dienone is 2. The molecule has 0 saturated carbocycles. The van der Waals surface area contributed by atoms with Crippen LogP contribution in [0.2, 0.25) is 0 Å². The number of carboxylic acid groups (broad SMARTS) is 2. The Bertz CT molecular complexity index is 564. The van der Waals surface area contributed by atoms with Gasteiger partial charge in [-0.05, 0) is 19.4 Å². The lowest BCUT2D eigenvalue weighted by molar-refractivity contribution is -0.135. The zero-order valence-electron chi connectivity index (χ0n) is 12.5.